The molecule has 0 saturated carbocycles. The molecule has 118 valence electrons. The third-order valence-corrected chi connectivity index (χ3v) is 3.02. The highest BCUT2D eigenvalue weighted by molar-refractivity contribution is 6.30. The zero-order chi connectivity index (χ0) is 16.7. The molecular weight excluding hydrogens is 321 g/mol. The average Bonchev–Trinajstić information content (AvgIpc) is 2.53. The number of benzene rings is 2. The molecule has 0 aliphatic carbocycles. The number of hydrogen-bond donors (Lipinski definition) is 2. The Balaban J connectivity index is 1.78. The lowest BCUT2D eigenvalue weighted by Gasteiger charge is -2.04. The maximum absolute atomic E-state index is 12.9. The first-order chi connectivity index (χ1) is 11.0. The van der Waals surface area contributed by atoms with Crippen LogP contribution in [0.2, 0.25) is 5.02 Å². The predicted octanol–water partition coefficient (Wildman–Crippen LogP) is 2.36. The molecule has 23 heavy (non-hydrogen) atoms. The number of carbonyl (C=O) groups excluding carboxylic acids is 2. The Labute approximate surface area is 137 Å². The molecule has 0 radical (unpaired) electrons. The molecule has 0 fully saturated rings. The third kappa shape index (κ3) is 5.52. The average molecular weight is 334 g/mol. The molecule has 5 nitrogen and oxygen atoms in total. The van der Waals surface area contributed by atoms with E-state index in [0.717, 1.165) is 0 Å². The van der Waals surface area contributed by atoms with E-state index < -0.39 is 17.6 Å². The number of carbonyl (C=O) groups is 2. The number of nitrogens with one attached hydrogen (secondary N) is 2. The summed E-state index contributed by atoms with van der Waals surface area (Å²) in [5.41, 5.74) is 3.14. The molecule has 2 amide bonds. The SMILES string of the molecule is O=C(CNC(=O)c1ccc(Cl)cc1)NN=Cc1cccc(F)c1. The normalized spacial score (nSPS) is 10.5. The summed E-state index contributed by atoms with van der Waals surface area (Å²) in [4.78, 5) is 23.3. The zero-order valence-electron chi connectivity index (χ0n) is 11.9. The Morgan fingerprint density at radius 1 is 1.17 bits per heavy atom. The van der Waals surface area contributed by atoms with Gasteiger partial charge in [0.05, 0.1) is 12.8 Å². The van der Waals surface area contributed by atoms with Gasteiger partial charge in [0.2, 0.25) is 0 Å². The maximum atomic E-state index is 12.9. The van der Waals surface area contributed by atoms with E-state index >= 15 is 0 Å². The van der Waals surface area contributed by atoms with Crippen LogP contribution in [0.15, 0.2) is 53.6 Å². The van der Waals surface area contributed by atoms with Gasteiger partial charge in [-0.3, -0.25) is 9.59 Å². The molecule has 0 unspecified atom stereocenters. The van der Waals surface area contributed by atoms with Crippen molar-refractivity contribution in [1.82, 2.24) is 10.7 Å². The van der Waals surface area contributed by atoms with Crippen molar-refractivity contribution >= 4 is 29.6 Å². The molecule has 0 heterocycles. The Morgan fingerprint density at radius 2 is 1.91 bits per heavy atom. The van der Waals surface area contributed by atoms with E-state index in [1.807, 2.05) is 0 Å². The van der Waals surface area contributed by atoms with Gasteiger partial charge in [0.25, 0.3) is 11.8 Å². The van der Waals surface area contributed by atoms with Crippen molar-refractivity contribution in [2.75, 3.05) is 6.54 Å². The van der Waals surface area contributed by atoms with Crippen LogP contribution in [0.3, 0.4) is 0 Å². The monoisotopic (exact) mass is 333 g/mol. The van der Waals surface area contributed by atoms with Gasteiger partial charge < -0.3 is 5.32 Å². The van der Waals surface area contributed by atoms with E-state index in [1.54, 1.807) is 30.3 Å². The smallest absolute Gasteiger partial charge is 0.259 e. The van der Waals surface area contributed by atoms with Crippen LogP contribution in [0.1, 0.15) is 15.9 Å². The molecule has 2 aromatic rings. The van der Waals surface area contributed by atoms with Crippen molar-refractivity contribution in [2.24, 2.45) is 5.10 Å². The summed E-state index contributed by atoms with van der Waals surface area (Å²) in [7, 11) is 0. The lowest BCUT2D eigenvalue weighted by atomic mass is 10.2. The molecule has 0 bridgehead atoms. The van der Waals surface area contributed by atoms with Crippen LogP contribution in [0.4, 0.5) is 4.39 Å². The number of amides is 2. The number of halogens is 2. The molecule has 0 spiro atoms. The minimum absolute atomic E-state index is 0.234. The topological polar surface area (TPSA) is 70.6 Å². The molecular formula is C16H13ClFN3O2. The second-order valence-electron chi connectivity index (χ2n) is 4.54. The number of hydrazone groups is 1. The van der Waals surface area contributed by atoms with Crippen LogP contribution in [0, 0.1) is 5.82 Å². The summed E-state index contributed by atoms with van der Waals surface area (Å²) in [5.74, 6) is -1.29. The van der Waals surface area contributed by atoms with Crippen LogP contribution in [-0.2, 0) is 4.79 Å². The van der Waals surface area contributed by atoms with Gasteiger partial charge in [0.15, 0.2) is 0 Å². The highest BCUT2D eigenvalue weighted by Crippen LogP contribution is 2.09. The lowest BCUT2D eigenvalue weighted by Crippen LogP contribution is -2.34. The number of nitrogens with zero attached hydrogens (tertiary/aromatic N) is 1. The van der Waals surface area contributed by atoms with Gasteiger partial charge >= 0.3 is 0 Å². The van der Waals surface area contributed by atoms with Gasteiger partial charge in [-0.05, 0) is 42.0 Å². The Kier molecular flexibility index (Phi) is 5.82. The minimum atomic E-state index is -0.500. The molecule has 7 heteroatoms. The van der Waals surface area contributed by atoms with E-state index in [9.17, 15) is 14.0 Å². The van der Waals surface area contributed by atoms with Crippen molar-refractivity contribution < 1.29 is 14.0 Å². The minimum Gasteiger partial charge on any atom is -0.343 e. The molecule has 0 atom stereocenters. The van der Waals surface area contributed by atoms with E-state index in [4.69, 9.17) is 11.6 Å². The van der Waals surface area contributed by atoms with Crippen molar-refractivity contribution in [3.63, 3.8) is 0 Å². The Hall–Kier alpha value is -2.73. The van der Waals surface area contributed by atoms with Gasteiger partial charge in [-0.2, -0.15) is 5.10 Å². The Bertz CT molecular complexity index is 732. The summed E-state index contributed by atoms with van der Waals surface area (Å²) < 4.78 is 12.9. The van der Waals surface area contributed by atoms with E-state index in [0.29, 0.717) is 16.1 Å². The van der Waals surface area contributed by atoms with Crippen LogP contribution < -0.4 is 10.7 Å². The summed E-state index contributed by atoms with van der Waals surface area (Å²) in [6.45, 7) is -0.234. The first-order valence-electron chi connectivity index (χ1n) is 6.66. The van der Waals surface area contributed by atoms with Crippen LogP contribution in [0.25, 0.3) is 0 Å². The largest absolute Gasteiger partial charge is 0.343 e. The highest BCUT2D eigenvalue weighted by atomic mass is 35.5. The standard InChI is InChI=1S/C16H13ClFN3O2/c17-13-6-4-12(5-7-13)16(23)19-10-15(22)21-20-9-11-2-1-3-14(18)8-11/h1-9H,10H2,(H,19,23)(H,21,22). The first kappa shape index (κ1) is 16.6. The Morgan fingerprint density at radius 3 is 2.61 bits per heavy atom. The molecule has 0 aliphatic rings. The summed E-state index contributed by atoms with van der Waals surface area (Å²) >= 11 is 5.73. The zero-order valence-corrected chi connectivity index (χ0v) is 12.7. The van der Waals surface area contributed by atoms with E-state index in [1.165, 1.54) is 24.4 Å². The van der Waals surface area contributed by atoms with Crippen molar-refractivity contribution in [1.29, 1.82) is 0 Å². The number of rotatable bonds is 5. The van der Waals surface area contributed by atoms with Gasteiger partial charge in [0, 0.05) is 10.6 Å². The fourth-order valence-electron chi connectivity index (χ4n) is 1.67. The fraction of sp³-hybridized carbons (Fsp3) is 0.0625. The molecule has 0 aliphatic heterocycles. The van der Waals surface area contributed by atoms with E-state index in [2.05, 4.69) is 15.8 Å². The first-order valence-corrected chi connectivity index (χ1v) is 7.03. The second kappa shape index (κ2) is 8.05. The summed E-state index contributed by atoms with van der Waals surface area (Å²) in [6.07, 6.45) is 1.31. The lowest BCUT2D eigenvalue weighted by molar-refractivity contribution is -0.120. The quantitative estimate of drug-likeness (QED) is 0.651. The highest BCUT2D eigenvalue weighted by Gasteiger charge is 2.07. The van der Waals surface area contributed by atoms with Crippen LogP contribution in [0.5, 0.6) is 0 Å². The van der Waals surface area contributed by atoms with E-state index in [-0.39, 0.29) is 6.54 Å². The molecule has 2 N–H and O–H groups in total. The molecule has 2 rings (SSSR count). The van der Waals surface area contributed by atoms with Crippen LogP contribution in [-0.4, -0.2) is 24.6 Å². The number of hydrogen-bond acceptors (Lipinski definition) is 3. The third-order valence-electron chi connectivity index (χ3n) is 2.77. The summed E-state index contributed by atoms with van der Waals surface area (Å²) in [6, 6.07) is 12.0. The van der Waals surface area contributed by atoms with Gasteiger partial charge in [0.1, 0.15) is 5.82 Å². The van der Waals surface area contributed by atoms with Crippen LogP contribution >= 0.6 is 11.6 Å². The van der Waals surface area contributed by atoms with Gasteiger partial charge in [-0.25, -0.2) is 9.82 Å². The van der Waals surface area contributed by atoms with Gasteiger partial charge in [-0.15, -0.1) is 0 Å². The predicted molar refractivity (Wildman–Crippen MR) is 85.9 cm³/mol. The van der Waals surface area contributed by atoms with Crippen molar-refractivity contribution in [2.45, 2.75) is 0 Å². The second-order valence-corrected chi connectivity index (χ2v) is 4.97. The molecule has 0 aromatic heterocycles. The van der Waals surface area contributed by atoms with Gasteiger partial charge in [-0.1, -0.05) is 23.7 Å². The van der Waals surface area contributed by atoms with Crippen molar-refractivity contribution in [3.8, 4) is 0 Å². The van der Waals surface area contributed by atoms with Crippen molar-refractivity contribution in [3.05, 3.63) is 70.5 Å². The fourth-order valence-corrected chi connectivity index (χ4v) is 1.80. The molecule has 0 saturated heterocycles. The molecule has 2 aromatic carbocycles. The summed E-state index contributed by atoms with van der Waals surface area (Å²) in [5, 5.41) is 6.65. The maximum Gasteiger partial charge on any atom is 0.259 e.